The van der Waals surface area contributed by atoms with Crippen molar-refractivity contribution in [2.24, 2.45) is 0 Å². The minimum atomic E-state index is -4.13. The number of carbonyl (C=O) groups excluding carboxylic acids is 1. The molecule has 8 nitrogen and oxygen atoms in total. The molecule has 0 aliphatic heterocycles. The smallest absolute Gasteiger partial charge is 0.338 e. The third-order valence-corrected chi connectivity index (χ3v) is 6.47. The van der Waals surface area contributed by atoms with Crippen LogP contribution in [0, 0.1) is 0 Å². The summed E-state index contributed by atoms with van der Waals surface area (Å²) in [6.07, 6.45) is 0. The molecular formula is C18H17ClN4O4S2. The first-order valence-corrected chi connectivity index (χ1v) is 11.2. The van der Waals surface area contributed by atoms with Crippen molar-refractivity contribution in [3.05, 3.63) is 64.7 Å². The number of nitrogens with zero attached hydrogens (tertiary/aromatic N) is 3. The van der Waals surface area contributed by atoms with Gasteiger partial charge in [-0.3, -0.25) is 0 Å². The first-order valence-electron chi connectivity index (χ1n) is 8.44. The van der Waals surface area contributed by atoms with Crippen LogP contribution >= 0.6 is 23.4 Å². The molecule has 2 N–H and O–H groups in total. The van der Waals surface area contributed by atoms with E-state index in [1.54, 1.807) is 19.1 Å². The van der Waals surface area contributed by atoms with E-state index in [0.29, 0.717) is 14.9 Å². The van der Waals surface area contributed by atoms with Gasteiger partial charge >= 0.3 is 5.97 Å². The number of anilines is 1. The molecule has 152 valence electrons. The van der Waals surface area contributed by atoms with Crippen molar-refractivity contribution >= 4 is 45.3 Å². The first-order chi connectivity index (χ1) is 13.8. The number of nitrogens with two attached hydrogens (primary N) is 1. The average molecular weight is 453 g/mol. The van der Waals surface area contributed by atoms with E-state index in [9.17, 15) is 13.2 Å². The number of hydrogen-bond donors (Lipinski definition) is 1. The van der Waals surface area contributed by atoms with E-state index in [4.69, 9.17) is 22.1 Å². The molecule has 0 saturated carbocycles. The largest absolute Gasteiger partial charge is 0.462 e. The molecule has 0 saturated heterocycles. The maximum atomic E-state index is 12.9. The standard InChI is InChI=1S/C18H17ClN4O4S2/c1-2-27-16(24)13-4-3-5-15(10-13)29(25,26)23-17(20)21-18(22-23)28-11-12-6-8-14(19)9-7-12/h3-10H,2,11H2,1H3,(H2,20,21,22). The van der Waals surface area contributed by atoms with Gasteiger partial charge in [0.25, 0.3) is 10.0 Å². The van der Waals surface area contributed by atoms with Crippen LogP contribution in [0.3, 0.4) is 0 Å². The van der Waals surface area contributed by atoms with Gasteiger partial charge in [-0.25, -0.2) is 4.79 Å². The molecular weight excluding hydrogens is 436 g/mol. The van der Waals surface area contributed by atoms with Crippen molar-refractivity contribution in [3.63, 3.8) is 0 Å². The number of aromatic nitrogens is 3. The molecule has 3 rings (SSSR count). The summed E-state index contributed by atoms with van der Waals surface area (Å²) in [5.41, 5.74) is 6.87. The Kier molecular flexibility index (Phi) is 6.46. The zero-order valence-electron chi connectivity index (χ0n) is 15.3. The highest BCUT2D eigenvalue weighted by Crippen LogP contribution is 2.24. The Morgan fingerprint density at radius 3 is 2.66 bits per heavy atom. The first kappa shape index (κ1) is 21.2. The summed E-state index contributed by atoms with van der Waals surface area (Å²) in [5, 5.41) is 4.85. The van der Waals surface area contributed by atoms with Gasteiger partial charge in [0.15, 0.2) is 0 Å². The fourth-order valence-electron chi connectivity index (χ4n) is 2.36. The maximum Gasteiger partial charge on any atom is 0.338 e. The second-order valence-corrected chi connectivity index (χ2v) is 8.91. The lowest BCUT2D eigenvalue weighted by Gasteiger charge is -2.07. The fraction of sp³-hybridized carbons (Fsp3) is 0.167. The molecule has 3 aromatic rings. The van der Waals surface area contributed by atoms with Crippen molar-refractivity contribution in [1.82, 2.24) is 14.2 Å². The second-order valence-electron chi connectivity index (χ2n) is 5.76. The molecule has 11 heteroatoms. The molecule has 1 heterocycles. The number of nitrogen functional groups attached to an aromatic ring is 1. The van der Waals surface area contributed by atoms with Crippen LogP contribution < -0.4 is 5.73 Å². The summed E-state index contributed by atoms with van der Waals surface area (Å²) in [6, 6.07) is 12.7. The number of hydrogen-bond acceptors (Lipinski definition) is 8. The van der Waals surface area contributed by atoms with Crippen molar-refractivity contribution in [3.8, 4) is 0 Å². The summed E-state index contributed by atoms with van der Waals surface area (Å²) >= 11 is 7.10. The van der Waals surface area contributed by atoms with Crippen molar-refractivity contribution < 1.29 is 17.9 Å². The number of carbonyl (C=O) groups is 1. The van der Waals surface area contributed by atoms with Crippen LogP contribution in [0.15, 0.2) is 58.6 Å². The van der Waals surface area contributed by atoms with E-state index in [-0.39, 0.29) is 28.2 Å². The highest BCUT2D eigenvalue weighted by molar-refractivity contribution is 7.98. The third kappa shape index (κ3) is 4.89. The van der Waals surface area contributed by atoms with E-state index >= 15 is 0 Å². The van der Waals surface area contributed by atoms with Gasteiger partial charge in [0.05, 0.1) is 17.1 Å². The number of rotatable bonds is 7. The number of benzene rings is 2. The summed E-state index contributed by atoms with van der Waals surface area (Å²) in [7, 11) is -4.13. The Bertz CT molecular complexity index is 1130. The van der Waals surface area contributed by atoms with Crippen molar-refractivity contribution in [1.29, 1.82) is 0 Å². The molecule has 0 unspecified atom stereocenters. The number of esters is 1. The number of halogens is 1. The Hall–Kier alpha value is -2.56. The monoisotopic (exact) mass is 452 g/mol. The predicted octanol–water partition coefficient (Wildman–Crippen LogP) is 3.22. The van der Waals surface area contributed by atoms with Crippen molar-refractivity contribution in [2.75, 3.05) is 12.3 Å². The molecule has 0 atom stereocenters. The van der Waals surface area contributed by atoms with Gasteiger partial charge in [0, 0.05) is 10.8 Å². The molecule has 0 aliphatic rings. The molecule has 29 heavy (non-hydrogen) atoms. The summed E-state index contributed by atoms with van der Waals surface area (Å²) in [5.74, 6) is -0.376. The van der Waals surface area contributed by atoms with E-state index in [1.807, 2.05) is 12.1 Å². The van der Waals surface area contributed by atoms with Gasteiger partial charge in [-0.05, 0) is 42.8 Å². The molecule has 0 amide bonds. The molecule has 0 aliphatic carbocycles. The summed E-state index contributed by atoms with van der Waals surface area (Å²) in [4.78, 5) is 15.8. The van der Waals surface area contributed by atoms with E-state index in [0.717, 1.165) is 5.56 Å². The van der Waals surface area contributed by atoms with Gasteiger partial charge < -0.3 is 10.5 Å². The zero-order chi connectivity index (χ0) is 21.0. The maximum absolute atomic E-state index is 12.9. The van der Waals surface area contributed by atoms with Crippen LogP contribution in [-0.4, -0.2) is 35.2 Å². The topological polar surface area (TPSA) is 117 Å². The molecule has 0 fully saturated rings. The Balaban J connectivity index is 1.83. The van der Waals surface area contributed by atoms with Crippen LogP contribution in [-0.2, 0) is 20.5 Å². The minimum Gasteiger partial charge on any atom is -0.462 e. The zero-order valence-corrected chi connectivity index (χ0v) is 17.7. The quantitative estimate of drug-likeness (QED) is 0.429. The minimum absolute atomic E-state index is 0.115. The van der Waals surface area contributed by atoms with Crippen LogP contribution in [0.1, 0.15) is 22.8 Å². The average Bonchev–Trinajstić information content (AvgIpc) is 3.09. The Morgan fingerprint density at radius 2 is 1.97 bits per heavy atom. The van der Waals surface area contributed by atoms with Crippen LogP contribution in [0.25, 0.3) is 0 Å². The Labute approximate surface area is 177 Å². The molecule has 1 aromatic heterocycles. The highest BCUT2D eigenvalue weighted by atomic mass is 35.5. The van der Waals surface area contributed by atoms with Gasteiger partial charge in [0.1, 0.15) is 0 Å². The summed E-state index contributed by atoms with van der Waals surface area (Å²) in [6.45, 7) is 1.85. The van der Waals surface area contributed by atoms with Gasteiger partial charge in [0.2, 0.25) is 11.1 Å². The van der Waals surface area contributed by atoms with Crippen LogP contribution in [0.2, 0.25) is 5.02 Å². The van der Waals surface area contributed by atoms with Gasteiger partial charge in [-0.1, -0.05) is 41.6 Å². The van der Waals surface area contributed by atoms with Gasteiger partial charge in [-0.2, -0.15) is 13.4 Å². The number of ether oxygens (including phenoxy) is 1. The van der Waals surface area contributed by atoms with Gasteiger partial charge in [-0.15, -0.1) is 9.19 Å². The lowest BCUT2D eigenvalue weighted by molar-refractivity contribution is 0.0526. The van der Waals surface area contributed by atoms with Crippen LogP contribution in [0.5, 0.6) is 0 Å². The normalized spacial score (nSPS) is 11.4. The van der Waals surface area contributed by atoms with E-state index < -0.39 is 16.0 Å². The van der Waals surface area contributed by atoms with E-state index in [2.05, 4.69) is 10.1 Å². The molecule has 0 radical (unpaired) electrons. The lowest BCUT2D eigenvalue weighted by Crippen LogP contribution is -2.17. The van der Waals surface area contributed by atoms with Crippen LogP contribution in [0.4, 0.5) is 5.95 Å². The summed E-state index contributed by atoms with van der Waals surface area (Å²) < 4.78 is 31.4. The highest BCUT2D eigenvalue weighted by Gasteiger charge is 2.24. The third-order valence-electron chi connectivity index (χ3n) is 3.73. The second kappa shape index (κ2) is 8.85. The Morgan fingerprint density at radius 1 is 1.24 bits per heavy atom. The lowest BCUT2D eigenvalue weighted by atomic mass is 10.2. The van der Waals surface area contributed by atoms with Crippen molar-refractivity contribution in [2.45, 2.75) is 22.7 Å². The fourth-order valence-corrected chi connectivity index (χ4v) is 4.52. The molecule has 0 bridgehead atoms. The van der Waals surface area contributed by atoms with E-state index in [1.165, 1.54) is 36.0 Å². The number of thioether (sulfide) groups is 1. The molecule has 0 spiro atoms. The SMILES string of the molecule is CCOC(=O)c1cccc(S(=O)(=O)n2nc(SCc3ccc(Cl)cc3)nc2N)c1. The predicted molar refractivity (Wildman–Crippen MR) is 110 cm³/mol. The molecule has 2 aromatic carbocycles.